The third kappa shape index (κ3) is 2.40. The quantitative estimate of drug-likeness (QED) is 0.947. The Kier molecular flexibility index (Phi) is 3.41. The number of fused-ring (bicyclic) bond motifs is 1. The predicted octanol–water partition coefficient (Wildman–Crippen LogP) is 3.02. The van der Waals surface area contributed by atoms with E-state index in [0.717, 1.165) is 48.7 Å². The molecule has 0 bridgehead atoms. The summed E-state index contributed by atoms with van der Waals surface area (Å²) in [5.74, 6) is 2.33. The van der Waals surface area contributed by atoms with Crippen LogP contribution in [0.15, 0.2) is 24.3 Å². The second-order valence-electron chi connectivity index (χ2n) is 6.25. The van der Waals surface area contributed by atoms with Gasteiger partial charge in [0.15, 0.2) is 5.82 Å². The number of carbonyl (C=O) groups is 1. The molecule has 0 spiro atoms. The first kappa shape index (κ1) is 13.5. The summed E-state index contributed by atoms with van der Waals surface area (Å²) in [4.78, 5) is 12.1. The largest absolute Gasteiger partial charge is 0.326 e. The molecule has 1 aromatic carbocycles. The van der Waals surface area contributed by atoms with Gasteiger partial charge in [-0.3, -0.25) is 4.79 Å². The van der Waals surface area contributed by atoms with Crippen LogP contribution in [0.2, 0.25) is 0 Å². The average Bonchev–Trinajstić information content (AvgIpc) is 2.89. The van der Waals surface area contributed by atoms with Crippen molar-refractivity contribution in [3.63, 3.8) is 0 Å². The molecule has 5 heteroatoms. The van der Waals surface area contributed by atoms with Gasteiger partial charge in [-0.05, 0) is 37.8 Å². The van der Waals surface area contributed by atoms with E-state index in [9.17, 15) is 4.79 Å². The smallest absolute Gasteiger partial charge is 0.227 e. The van der Waals surface area contributed by atoms with Crippen molar-refractivity contribution in [1.29, 1.82) is 0 Å². The molecule has 1 saturated carbocycles. The summed E-state index contributed by atoms with van der Waals surface area (Å²) in [6, 6.07) is 7.94. The van der Waals surface area contributed by atoms with Crippen LogP contribution in [0.3, 0.4) is 0 Å². The van der Waals surface area contributed by atoms with E-state index in [1.54, 1.807) is 0 Å². The number of carbonyl (C=O) groups excluding carboxylic acids is 1. The van der Waals surface area contributed by atoms with Crippen LogP contribution < -0.4 is 5.32 Å². The van der Waals surface area contributed by atoms with Crippen molar-refractivity contribution < 1.29 is 4.79 Å². The highest BCUT2D eigenvalue weighted by Gasteiger charge is 2.25. The van der Waals surface area contributed by atoms with Crippen LogP contribution in [0.4, 0.5) is 5.69 Å². The van der Waals surface area contributed by atoms with Crippen LogP contribution in [0.5, 0.6) is 0 Å². The van der Waals surface area contributed by atoms with Gasteiger partial charge in [0, 0.05) is 30.1 Å². The molecular weight excluding hydrogens is 276 g/mol. The minimum Gasteiger partial charge on any atom is -0.326 e. The van der Waals surface area contributed by atoms with Crippen LogP contribution in [-0.2, 0) is 17.8 Å². The molecule has 4 rings (SSSR count). The molecule has 1 aliphatic carbocycles. The summed E-state index contributed by atoms with van der Waals surface area (Å²) in [5, 5.41) is 11.7. The molecule has 2 aliphatic rings. The Labute approximate surface area is 129 Å². The van der Waals surface area contributed by atoms with Gasteiger partial charge in [0.05, 0.1) is 0 Å². The van der Waals surface area contributed by atoms with Crippen molar-refractivity contribution in [1.82, 2.24) is 14.8 Å². The number of amides is 1. The van der Waals surface area contributed by atoms with Gasteiger partial charge in [-0.1, -0.05) is 18.6 Å². The molecule has 114 valence electrons. The van der Waals surface area contributed by atoms with Crippen molar-refractivity contribution in [2.24, 2.45) is 5.92 Å². The maximum absolute atomic E-state index is 12.1. The van der Waals surface area contributed by atoms with Gasteiger partial charge in [0.2, 0.25) is 5.91 Å². The number of nitrogens with one attached hydrogen (secondary N) is 1. The van der Waals surface area contributed by atoms with Crippen molar-refractivity contribution in [3.05, 3.63) is 30.1 Å². The Balaban J connectivity index is 1.59. The fraction of sp³-hybridized carbons (Fsp3) is 0.471. The SMILES string of the molecule is O=C(Nc1cccc(-c2nnc3n2CCCC3)c1)C1CCC1. The van der Waals surface area contributed by atoms with E-state index in [1.165, 1.54) is 19.3 Å². The minimum atomic E-state index is 0.145. The maximum atomic E-state index is 12.1. The molecule has 2 aromatic rings. The Morgan fingerprint density at radius 3 is 2.91 bits per heavy atom. The molecule has 2 heterocycles. The highest BCUT2D eigenvalue weighted by atomic mass is 16.1. The van der Waals surface area contributed by atoms with E-state index >= 15 is 0 Å². The van der Waals surface area contributed by atoms with Crippen molar-refractivity contribution in [3.8, 4) is 11.4 Å². The van der Waals surface area contributed by atoms with Crippen LogP contribution >= 0.6 is 0 Å². The molecule has 0 radical (unpaired) electrons. The normalized spacial score (nSPS) is 17.6. The molecule has 0 atom stereocenters. The van der Waals surface area contributed by atoms with Gasteiger partial charge in [0.1, 0.15) is 5.82 Å². The van der Waals surface area contributed by atoms with Gasteiger partial charge in [0.25, 0.3) is 0 Å². The maximum Gasteiger partial charge on any atom is 0.227 e. The zero-order valence-corrected chi connectivity index (χ0v) is 12.6. The highest BCUT2D eigenvalue weighted by Crippen LogP contribution is 2.29. The second kappa shape index (κ2) is 5.55. The van der Waals surface area contributed by atoms with E-state index in [0.29, 0.717) is 0 Å². The highest BCUT2D eigenvalue weighted by molar-refractivity contribution is 5.93. The van der Waals surface area contributed by atoms with E-state index in [1.807, 2.05) is 24.3 Å². The standard InChI is InChI=1S/C17H20N4O/c22-17(12-5-3-6-12)18-14-8-4-7-13(11-14)16-20-19-15-9-1-2-10-21(15)16/h4,7-8,11-12H,1-3,5-6,9-10H2,(H,18,22). The number of nitrogens with zero attached hydrogens (tertiary/aromatic N) is 3. The first-order chi connectivity index (χ1) is 10.8. The summed E-state index contributed by atoms with van der Waals surface area (Å²) >= 11 is 0. The fourth-order valence-electron chi connectivity index (χ4n) is 3.17. The van der Waals surface area contributed by atoms with Crippen LogP contribution in [0.1, 0.15) is 37.9 Å². The molecule has 0 unspecified atom stereocenters. The molecule has 5 nitrogen and oxygen atoms in total. The van der Waals surface area contributed by atoms with E-state index in [4.69, 9.17) is 0 Å². The van der Waals surface area contributed by atoms with Gasteiger partial charge < -0.3 is 9.88 Å². The Bertz CT molecular complexity index is 702. The zero-order chi connectivity index (χ0) is 14.9. The molecule has 0 saturated heterocycles. The number of rotatable bonds is 3. The number of anilines is 1. The van der Waals surface area contributed by atoms with E-state index in [2.05, 4.69) is 20.1 Å². The number of aryl methyl sites for hydroxylation is 1. The van der Waals surface area contributed by atoms with Gasteiger partial charge >= 0.3 is 0 Å². The Morgan fingerprint density at radius 2 is 2.09 bits per heavy atom. The fourth-order valence-corrected chi connectivity index (χ4v) is 3.17. The summed E-state index contributed by atoms with van der Waals surface area (Å²) in [6.07, 6.45) is 6.58. The third-order valence-corrected chi connectivity index (χ3v) is 4.72. The van der Waals surface area contributed by atoms with Gasteiger partial charge in [-0.25, -0.2) is 0 Å². The van der Waals surface area contributed by atoms with Gasteiger partial charge in [-0.15, -0.1) is 10.2 Å². The van der Waals surface area contributed by atoms with Crippen molar-refractivity contribution in [2.75, 3.05) is 5.32 Å². The topological polar surface area (TPSA) is 59.8 Å². The van der Waals surface area contributed by atoms with Crippen molar-refractivity contribution in [2.45, 2.75) is 45.1 Å². The summed E-state index contributed by atoms with van der Waals surface area (Å²) in [6.45, 7) is 0.982. The molecule has 1 aliphatic heterocycles. The third-order valence-electron chi connectivity index (χ3n) is 4.72. The average molecular weight is 296 g/mol. The lowest BCUT2D eigenvalue weighted by atomic mass is 9.85. The van der Waals surface area contributed by atoms with E-state index < -0.39 is 0 Å². The molecule has 1 amide bonds. The molecule has 1 aromatic heterocycles. The molecule has 1 fully saturated rings. The molecular formula is C17H20N4O. The van der Waals surface area contributed by atoms with Crippen LogP contribution in [0.25, 0.3) is 11.4 Å². The molecule has 1 N–H and O–H groups in total. The number of benzene rings is 1. The lowest BCUT2D eigenvalue weighted by Gasteiger charge is -2.24. The van der Waals surface area contributed by atoms with Crippen molar-refractivity contribution >= 4 is 11.6 Å². The Hall–Kier alpha value is -2.17. The minimum absolute atomic E-state index is 0.145. The second-order valence-corrected chi connectivity index (χ2v) is 6.25. The first-order valence-corrected chi connectivity index (χ1v) is 8.14. The summed E-state index contributed by atoms with van der Waals surface area (Å²) in [5.41, 5.74) is 1.87. The number of aromatic nitrogens is 3. The zero-order valence-electron chi connectivity index (χ0n) is 12.6. The van der Waals surface area contributed by atoms with Crippen LogP contribution in [0, 0.1) is 5.92 Å². The summed E-state index contributed by atoms with van der Waals surface area (Å²) in [7, 11) is 0. The summed E-state index contributed by atoms with van der Waals surface area (Å²) < 4.78 is 2.20. The lowest BCUT2D eigenvalue weighted by Crippen LogP contribution is -2.28. The monoisotopic (exact) mass is 296 g/mol. The van der Waals surface area contributed by atoms with Crippen LogP contribution in [-0.4, -0.2) is 20.7 Å². The van der Waals surface area contributed by atoms with Gasteiger partial charge in [-0.2, -0.15) is 0 Å². The number of hydrogen-bond donors (Lipinski definition) is 1. The molecule has 22 heavy (non-hydrogen) atoms. The van der Waals surface area contributed by atoms with E-state index in [-0.39, 0.29) is 11.8 Å². The number of hydrogen-bond acceptors (Lipinski definition) is 3. The lowest BCUT2D eigenvalue weighted by molar-refractivity contribution is -0.122. The predicted molar refractivity (Wildman–Crippen MR) is 84.4 cm³/mol. The first-order valence-electron chi connectivity index (χ1n) is 8.14. The Morgan fingerprint density at radius 1 is 1.18 bits per heavy atom.